The highest BCUT2D eigenvalue weighted by Crippen LogP contribution is 2.34. The molecule has 0 fully saturated rings. The number of hydrogen-bond donors (Lipinski definition) is 1. The summed E-state index contributed by atoms with van der Waals surface area (Å²) in [5.41, 5.74) is 3.48. The van der Waals surface area contributed by atoms with Gasteiger partial charge in [-0.25, -0.2) is 14.8 Å². The van der Waals surface area contributed by atoms with Crippen LogP contribution in [0.15, 0.2) is 70.8 Å². The van der Waals surface area contributed by atoms with Crippen LogP contribution in [-0.2, 0) is 4.74 Å². The van der Waals surface area contributed by atoms with E-state index in [2.05, 4.69) is 16.0 Å². The van der Waals surface area contributed by atoms with Gasteiger partial charge in [0.2, 0.25) is 0 Å². The average molecular weight is 375 g/mol. The Balaban J connectivity index is 1.83. The van der Waals surface area contributed by atoms with E-state index in [0.717, 1.165) is 21.4 Å². The lowest BCUT2D eigenvalue weighted by Gasteiger charge is -2.11. The molecule has 0 amide bonds. The molecule has 0 unspecified atom stereocenters. The van der Waals surface area contributed by atoms with Gasteiger partial charge in [0.05, 0.1) is 18.5 Å². The minimum atomic E-state index is -0.435. The van der Waals surface area contributed by atoms with E-state index in [0.29, 0.717) is 22.1 Å². The maximum Gasteiger partial charge on any atom is 0.341 e. The number of H-pyrrole nitrogens is 1. The highest BCUT2D eigenvalue weighted by atomic mass is 32.2. The van der Waals surface area contributed by atoms with Crippen molar-refractivity contribution in [1.29, 1.82) is 0 Å². The van der Waals surface area contributed by atoms with E-state index >= 15 is 0 Å². The molecule has 27 heavy (non-hydrogen) atoms. The zero-order valence-corrected chi connectivity index (χ0v) is 15.7. The van der Waals surface area contributed by atoms with Crippen molar-refractivity contribution < 1.29 is 9.53 Å². The molecule has 0 saturated carbocycles. The molecule has 0 bridgehead atoms. The Kier molecular flexibility index (Phi) is 4.64. The summed E-state index contributed by atoms with van der Waals surface area (Å²) in [7, 11) is 1.37. The minimum Gasteiger partial charge on any atom is -0.465 e. The summed E-state index contributed by atoms with van der Waals surface area (Å²) < 4.78 is 4.95. The lowest BCUT2D eigenvalue weighted by Crippen LogP contribution is -2.10. The monoisotopic (exact) mass is 375 g/mol. The number of carbonyl (C=O) groups is 1. The van der Waals surface area contributed by atoms with Crippen LogP contribution in [0.3, 0.4) is 0 Å². The highest BCUT2D eigenvalue weighted by Gasteiger charge is 2.21. The molecule has 6 heteroatoms. The van der Waals surface area contributed by atoms with Crippen molar-refractivity contribution in [3.8, 4) is 11.3 Å². The maximum atomic E-state index is 12.3. The third kappa shape index (κ3) is 3.31. The van der Waals surface area contributed by atoms with Gasteiger partial charge in [0.25, 0.3) is 0 Å². The summed E-state index contributed by atoms with van der Waals surface area (Å²) in [4.78, 5) is 25.9. The van der Waals surface area contributed by atoms with Gasteiger partial charge in [-0.3, -0.25) is 0 Å². The quantitative estimate of drug-likeness (QED) is 0.407. The molecule has 134 valence electrons. The second-order valence-electron chi connectivity index (χ2n) is 5.97. The second kappa shape index (κ2) is 7.25. The fourth-order valence-electron chi connectivity index (χ4n) is 2.97. The predicted octanol–water partition coefficient (Wildman–Crippen LogP) is 4.87. The Labute approximate surface area is 160 Å². The standard InChI is InChI=1S/C21H17N3O2S/c1-13-18(20(25)26-2)19(14-8-4-3-5-9-14)24-21(23-13)27-17-12-22-16-11-7-6-10-15(16)17/h3-12,22H,1-2H3. The minimum absolute atomic E-state index is 0.395. The van der Waals surface area contributed by atoms with Crippen molar-refractivity contribution in [2.75, 3.05) is 7.11 Å². The summed E-state index contributed by atoms with van der Waals surface area (Å²) in [6, 6.07) is 17.7. The number of ether oxygens (including phenoxy) is 1. The van der Waals surface area contributed by atoms with Crippen LogP contribution in [0.1, 0.15) is 16.1 Å². The SMILES string of the molecule is COC(=O)c1c(C)nc(Sc2c[nH]c3ccccc23)nc1-c1ccccc1. The van der Waals surface area contributed by atoms with Crippen LogP contribution in [0.5, 0.6) is 0 Å². The fourth-order valence-corrected chi connectivity index (χ4v) is 3.89. The number of hydrogen-bond acceptors (Lipinski definition) is 5. The Morgan fingerprint density at radius 1 is 1.04 bits per heavy atom. The van der Waals surface area contributed by atoms with Gasteiger partial charge in [-0.2, -0.15) is 0 Å². The maximum absolute atomic E-state index is 12.3. The molecule has 0 spiro atoms. The Hall–Kier alpha value is -3.12. The number of nitrogens with zero attached hydrogens (tertiary/aromatic N) is 2. The van der Waals surface area contributed by atoms with Gasteiger partial charge in [-0.05, 0) is 24.8 Å². The highest BCUT2D eigenvalue weighted by molar-refractivity contribution is 7.99. The van der Waals surface area contributed by atoms with Crippen molar-refractivity contribution >= 4 is 28.6 Å². The first-order chi connectivity index (χ1) is 13.2. The van der Waals surface area contributed by atoms with Crippen LogP contribution < -0.4 is 0 Å². The van der Waals surface area contributed by atoms with Crippen LogP contribution in [0.4, 0.5) is 0 Å². The lowest BCUT2D eigenvalue weighted by molar-refractivity contribution is 0.0599. The molecule has 0 aliphatic heterocycles. The topological polar surface area (TPSA) is 67.9 Å². The van der Waals surface area contributed by atoms with Crippen LogP contribution >= 0.6 is 11.8 Å². The number of carbonyl (C=O) groups excluding carboxylic acids is 1. The first-order valence-electron chi connectivity index (χ1n) is 8.43. The van der Waals surface area contributed by atoms with Gasteiger partial charge in [-0.1, -0.05) is 48.5 Å². The van der Waals surface area contributed by atoms with Crippen molar-refractivity contribution in [2.45, 2.75) is 17.0 Å². The average Bonchev–Trinajstić information content (AvgIpc) is 3.10. The van der Waals surface area contributed by atoms with E-state index in [1.165, 1.54) is 18.9 Å². The first kappa shape index (κ1) is 17.3. The van der Waals surface area contributed by atoms with Gasteiger partial charge in [0.15, 0.2) is 5.16 Å². The molecule has 5 nitrogen and oxygen atoms in total. The van der Waals surface area contributed by atoms with Crippen LogP contribution in [0.25, 0.3) is 22.2 Å². The third-order valence-corrected chi connectivity index (χ3v) is 5.18. The van der Waals surface area contributed by atoms with Gasteiger partial charge in [0, 0.05) is 27.6 Å². The zero-order chi connectivity index (χ0) is 18.8. The number of benzene rings is 2. The number of aromatic nitrogens is 3. The molecule has 2 heterocycles. The number of fused-ring (bicyclic) bond motifs is 1. The lowest BCUT2D eigenvalue weighted by atomic mass is 10.1. The number of para-hydroxylation sites is 1. The number of methoxy groups -OCH3 is 1. The number of nitrogens with one attached hydrogen (secondary N) is 1. The molecule has 1 N–H and O–H groups in total. The Bertz CT molecular complexity index is 1120. The third-order valence-electron chi connectivity index (χ3n) is 4.26. The number of rotatable bonds is 4. The molecular weight excluding hydrogens is 358 g/mol. The molecule has 2 aromatic heterocycles. The largest absolute Gasteiger partial charge is 0.465 e. The summed E-state index contributed by atoms with van der Waals surface area (Å²) >= 11 is 1.47. The van der Waals surface area contributed by atoms with Crippen LogP contribution in [0.2, 0.25) is 0 Å². The molecule has 0 aliphatic rings. The van der Waals surface area contributed by atoms with Gasteiger partial charge < -0.3 is 9.72 Å². The van der Waals surface area contributed by atoms with Gasteiger partial charge in [0.1, 0.15) is 5.56 Å². The normalized spacial score (nSPS) is 10.9. The van der Waals surface area contributed by atoms with Crippen LogP contribution in [-0.4, -0.2) is 28.0 Å². The van der Waals surface area contributed by atoms with Gasteiger partial charge >= 0.3 is 5.97 Å². The zero-order valence-electron chi connectivity index (χ0n) is 14.9. The van der Waals surface area contributed by atoms with E-state index in [9.17, 15) is 4.79 Å². The molecule has 0 radical (unpaired) electrons. The Morgan fingerprint density at radius 3 is 2.56 bits per heavy atom. The molecule has 4 rings (SSSR count). The second-order valence-corrected chi connectivity index (χ2v) is 6.98. The number of aromatic amines is 1. The first-order valence-corrected chi connectivity index (χ1v) is 9.25. The summed E-state index contributed by atoms with van der Waals surface area (Å²) in [5, 5.41) is 1.70. The van der Waals surface area contributed by atoms with E-state index in [1.54, 1.807) is 6.92 Å². The van der Waals surface area contributed by atoms with Gasteiger partial charge in [-0.15, -0.1) is 0 Å². The van der Waals surface area contributed by atoms with E-state index in [1.807, 2.05) is 54.7 Å². The summed E-state index contributed by atoms with van der Waals surface area (Å²) in [5.74, 6) is -0.435. The summed E-state index contributed by atoms with van der Waals surface area (Å²) in [6.07, 6.45) is 1.95. The Morgan fingerprint density at radius 2 is 1.78 bits per heavy atom. The van der Waals surface area contributed by atoms with Crippen molar-refractivity contribution in [1.82, 2.24) is 15.0 Å². The van der Waals surface area contributed by atoms with E-state index < -0.39 is 5.97 Å². The molecule has 2 aromatic carbocycles. The number of aryl methyl sites for hydroxylation is 1. The van der Waals surface area contributed by atoms with Crippen molar-refractivity contribution in [3.63, 3.8) is 0 Å². The van der Waals surface area contributed by atoms with Crippen molar-refractivity contribution in [2.24, 2.45) is 0 Å². The molecule has 0 saturated heterocycles. The van der Waals surface area contributed by atoms with Crippen molar-refractivity contribution in [3.05, 3.63) is 72.1 Å². The predicted molar refractivity (Wildman–Crippen MR) is 106 cm³/mol. The van der Waals surface area contributed by atoms with Crippen LogP contribution in [0, 0.1) is 6.92 Å². The van der Waals surface area contributed by atoms with E-state index in [-0.39, 0.29) is 0 Å². The smallest absolute Gasteiger partial charge is 0.341 e. The molecule has 4 aromatic rings. The summed E-state index contributed by atoms with van der Waals surface area (Å²) in [6.45, 7) is 1.81. The number of esters is 1. The molecule has 0 atom stereocenters. The fraction of sp³-hybridized carbons (Fsp3) is 0.0952. The molecule has 0 aliphatic carbocycles. The molecular formula is C21H17N3O2S. The van der Waals surface area contributed by atoms with E-state index in [4.69, 9.17) is 9.72 Å².